The van der Waals surface area contributed by atoms with Crippen molar-refractivity contribution in [3.05, 3.63) is 12.2 Å². The van der Waals surface area contributed by atoms with Crippen molar-refractivity contribution in [3.8, 4) is 0 Å². The molecule has 0 amide bonds. The van der Waals surface area contributed by atoms with Gasteiger partial charge in [-0.3, -0.25) is 0 Å². The molecule has 17 heavy (non-hydrogen) atoms. The van der Waals surface area contributed by atoms with Crippen molar-refractivity contribution in [1.82, 2.24) is 0 Å². The number of rotatable bonds is 0. The van der Waals surface area contributed by atoms with Crippen molar-refractivity contribution >= 4 is 0 Å². The van der Waals surface area contributed by atoms with Crippen molar-refractivity contribution in [3.63, 3.8) is 0 Å². The van der Waals surface area contributed by atoms with Gasteiger partial charge in [0.05, 0.1) is 0 Å². The molecule has 1 saturated carbocycles. The first-order valence-electron chi connectivity index (χ1n) is 4.66. The van der Waals surface area contributed by atoms with E-state index in [0.717, 1.165) is 6.08 Å². The third-order valence-corrected chi connectivity index (χ3v) is 3.53. The predicted molar refractivity (Wildman–Crippen MR) is 40.2 cm³/mol. The lowest BCUT2D eigenvalue weighted by molar-refractivity contribution is -0.403. The van der Waals surface area contributed by atoms with Gasteiger partial charge in [0.15, 0.2) is 0 Å². The van der Waals surface area contributed by atoms with Crippen LogP contribution in [0.15, 0.2) is 12.2 Å². The summed E-state index contributed by atoms with van der Waals surface area (Å²) in [7, 11) is 0. The van der Waals surface area contributed by atoms with Gasteiger partial charge in [-0.25, -0.2) is 8.78 Å². The molecule has 2 aliphatic rings. The molecule has 2 aliphatic carbocycles. The van der Waals surface area contributed by atoms with Crippen LogP contribution in [-0.2, 0) is 0 Å². The Morgan fingerprint density at radius 3 is 1.47 bits per heavy atom. The molecule has 0 aliphatic heterocycles. The standard InChI is InChI=1S/C9H6F8/c10-7(11)5-2-1-4(3-5)6(7,8(12,13)14)9(15,16)17/h1-2,4-5H,3H2. The molecular weight excluding hydrogens is 260 g/mol. The van der Waals surface area contributed by atoms with Gasteiger partial charge < -0.3 is 0 Å². The van der Waals surface area contributed by atoms with E-state index < -0.39 is 41.9 Å². The highest BCUT2D eigenvalue weighted by Gasteiger charge is 2.89. The fraction of sp³-hybridized carbons (Fsp3) is 0.778. The molecule has 0 N–H and O–H groups in total. The Morgan fingerprint density at radius 1 is 0.824 bits per heavy atom. The molecule has 0 saturated heterocycles. The van der Waals surface area contributed by atoms with Crippen LogP contribution in [0.25, 0.3) is 0 Å². The Bertz CT molecular complexity index is 346. The molecule has 0 spiro atoms. The highest BCUT2D eigenvalue weighted by molar-refractivity contribution is 5.27. The first-order chi connectivity index (χ1) is 7.46. The molecule has 2 rings (SSSR count). The number of alkyl halides is 8. The van der Waals surface area contributed by atoms with Crippen LogP contribution in [0.1, 0.15) is 6.42 Å². The van der Waals surface area contributed by atoms with Gasteiger partial charge in [0, 0.05) is 11.8 Å². The summed E-state index contributed by atoms with van der Waals surface area (Å²) in [6, 6.07) is 0. The minimum absolute atomic E-state index is 0.600. The highest BCUT2D eigenvalue weighted by atomic mass is 19.4. The monoisotopic (exact) mass is 266 g/mol. The zero-order valence-electron chi connectivity index (χ0n) is 8.04. The third kappa shape index (κ3) is 1.18. The Morgan fingerprint density at radius 2 is 1.24 bits per heavy atom. The lowest BCUT2D eigenvalue weighted by Gasteiger charge is -2.43. The summed E-state index contributed by atoms with van der Waals surface area (Å²) in [6.07, 6.45) is -11.5. The van der Waals surface area contributed by atoms with E-state index in [0.29, 0.717) is 6.08 Å². The highest BCUT2D eigenvalue weighted by Crippen LogP contribution is 2.72. The smallest absolute Gasteiger partial charge is 0.205 e. The molecule has 2 atom stereocenters. The summed E-state index contributed by atoms with van der Waals surface area (Å²) in [5.41, 5.74) is -4.94. The van der Waals surface area contributed by atoms with E-state index in [9.17, 15) is 35.1 Å². The SMILES string of the molecule is FC(F)(F)C1(C(F)(F)F)C2C=CC(C2)C1(F)F. The number of allylic oxidation sites excluding steroid dienone is 2. The zero-order valence-corrected chi connectivity index (χ0v) is 8.04. The molecular formula is C9H6F8. The Labute approximate surface area is 90.3 Å². The van der Waals surface area contributed by atoms with Gasteiger partial charge in [-0.1, -0.05) is 12.2 Å². The van der Waals surface area contributed by atoms with Gasteiger partial charge >= 0.3 is 12.4 Å². The number of hydrogen-bond donors (Lipinski definition) is 0. The summed E-state index contributed by atoms with van der Waals surface area (Å²) in [6.45, 7) is 0. The Kier molecular flexibility index (Phi) is 2.19. The van der Waals surface area contributed by atoms with E-state index in [2.05, 4.69) is 0 Å². The molecule has 0 aromatic carbocycles. The topological polar surface area (TPSA) is 0 Å². The molecule has 2 unspecified atom stereocenters. The summed E-state index contributed by atoms with van der Waals surface area (Å²) < 4.78 is 103. The maximum atomic E-state index is 13.5. The molecule has 98 valence electrons. The van der Waals surface area contributed by atoms with Crippen LogP contribution >= 0.6 is 0 Å². The van der Waals surface area contributed by atoms with Crippen molar-refractivity contribution in [2.24, 2.45) is 17.3 Å². The van der Waals surface area contributed by atoms with Gasteiger partial charge in [0.1, 0.15) is 0 Å². The van der Waals surface area contributed by atoms with Crippen LogP contribution in [0.3, 0.4) is 0 Å². The van der Waals surface area contributed by atoms with Crippen molar-refractivity contribution in [2.45, 2.75) is 24.7 Å². The van der Waals surface area contributed by atoms with Gasteiger partial charge in [0.2, 0.25) is 5.41 Å². The summed E-state index contributed by atoms with van der Waals surface area (Å²) in [4.78, 5) is 0. The van der Waals surface area contributed by atoms with Crippen molar-refractivity contribution < 1.29 is 35.1 Å². The fourth-order valence-corrected chi connectivity index (χ4v) is 2.79. The van der Waals surface area contributed by atoms with E-state index in [-0.39, 0.29) is 0 Å². The normalized spacial score (nSPS) is 34.4. The first kappa shape index (κ1) is 12.6. The van der Waals surface area contributed by atoms with Gasteiger partial charge in [-0.05, 0) is 6.42 Å². The van der Waals surface area contributed by atoms with E-state index in [4.69, 9.17) is 0 Å². The molecule has 2 bridgehead atoms. The molecule has 1 fully saturated rings. The largest absolute Gasteiger partial charge is 0.409 e. The summed E-state index contributed by atoms with van der Waals surface area (Å²) >= 11 is 0. The Balaban J connectivity index is 2.69. The average molecular weight is 266 g/mol. The van der Waals surface area contributed by atoms with Crippen LogP contribution in [0.4, 0.5) is 35.1 Å². The average Bonchev–Trinajstić information content (AvgIpc) is 2.54. The number of hydrogen-bond acceptors (Lipinski definition) is 0. The van der Waals surface area contributed by atoms with Crippen molar-refractivity contribution in [1.29, 1.82) is 0 Å². The fourth-order valence-electron chi connectivity index (χ4n) is 2.79. The molecule has 0 heterocycles. The molecule has 0 aromatic heterocycles. The van der Waals surface area contributed by atoms with E-state index in [1.54, 1.807) is 0 Å². The molecule has 8 heteroatoms. The van der Waals surface area contributed by atoms with E-state index in [1.807, 2.05) is 0 Å². The lowest BCUT2D eigenvalue weighted by atomic mass is 9.71. The van der Waals surface area contributed by atoms with Crippen LogP contribution in [-0.4, -0.2) is 18.3 Å². The number of fused-ring (bicyclic) bond motifs is 2. The number of halogens is 8. The third-order valence-electron chi connectivity index (χ3n) is 3.53. The summed E-state index contributed by atoms with van der Waals surface area (Å²) in [5, 5.41) is 0. The maximum Gasteiger partial charge on any atom is 0.409 e. The van der Waals surface area contributed by atoms with Gasteiger partial charge in [-0.2, -0.15) is 26.3 Å². The second-order valence-electron chi connectivity index (χ2n) is 4.26. The lowest BCUT2D eigenvalue weighted by Crippen LogP contribution is -2.63. The second-order valence-corrected chi connectivity index (χ2v) is 4.26. The van der Waals surface area contributed by atoms with Crippen LogP contribution in [0.5, 0.6) is 0 Å². The van der Waals surface area contributed by atoms with E-state index in [1.165, 1.54) is 0 Å². The first-order valence-corrected chi connectivity index (χ1v) is 4.66. The van der Waals surface area contributed by atoms with Crippen molar-refractivity contribution in [2.75, 3.05) is 0 Å². The van der Waals surface area contributed by atoms with Gasteiger partial charge in [0.25, 0.3) is 5.92 Å². The Hall–Kier alpha value is -0.820. The predicted octanol–water partition coefficient (Wildman–Crippen LogP) is 3.94. The second kappa shape index (κ2) is 2.95. The van der Waals surface area contributed by atoms with Crippen LogP contribution in [0, 0.1) is 17.3 Å². The minimum atomic E-state index is -6.03. The zero-order chi connectivity index (χ0) is 13.3. The molecule has 0 nitrogen and oxygen atoms in total. The summed E-state index contributed by atoms with van der Waals surface area (Å²) in [5.74, 6) is -9.07. The van der Waals surface area contributed by atoms with Crippen LogP contribution in [0.2, 0.25) is 0 Å². The van der Waals surface area contributed by atoms with E-state index >= 15 is 0 Å². The van der Waals surface area contributed by atoms with Gasteiger partial charge in [-0.15, -0.1) is 0 Å². The molecule has 0 radical (unpaired) electrons. The molecule has 0 aromatic rings. The maximum absolute atomic E-state index is 13.5. The minimum Gasteiger partial charge on any atom is -0.205 e. The van der Waals surface area contributed by atoms with Crippen LogP contribution < -0.4 is 0 Å². The quantitative estimate of drug-likeness (QED) is 0.460.